The van der Waals surface area contributed by atoms with E-state index in [1.165, 1.54) is 24.3 Å². The lowest BCUT2D eigenvalue weighted by Gasteiger charge is -2.13. The second-order valence-corrected chi connectivity index (χ2v) is 11.2. The topological polar surface area (TPSA) is 99.5 Å². The van der Waals surface area contributed by atoms with Crippen molar-refractivity contribution >= 4 is 36.7 Å². The summed E-state index contributed by atoms with van der Waals surface area (Å²) in [6.07, 6.45) is 1.11. The molecule has 0 radical (unpaired) electrons. The normalized spacial score (nSPS) is 12.3. The number of hydrogen-bond acceptors (Lipinski definition) is 6. The number of fused-ring (bicyclic) bond motifs is 1. The van der Waals surface area contributed by atoms with Crippen LogP contribution in [0.5, 0.6) is 0 Å². The average molecular weight is 450 g/mol. The SMILES string of the molecule is CCOC(=O)c1cc2cc(C)c(CS(C)(=O)=O)cc2n1S(=O)(=O)c1ccc(C)cc1. The van der Waals surface area contributed by atoms with Crippen molar-refractivity contribution < 1.29 is 26.4 Å². The molecule has 3 aromatic rings. The first-order valence-corrected chi connectivity index (χ1v) is 12.8. The van der Waals surface area contributed by atoms with Crippen LogP contribution in [0.4, 0.5) is 0 Å². The molecule has 0 spiro atoms. The Morgan fingerprint density at radius 2 is 1.63 bits per heavy atom. The molecule has 9 heteroatoms. The summed E-state index contributed by atoms with van der Waals surface area (Å²) in [4.78, 5) is 12.6. The molecule has 7 nitrogen and oxygen atoms in total. The molecule has 2 aromatic carbocycles. The van der Waals surface area contributed by atoms with E-state index in [1.807, 2.05) is 6.92 Å². The third kappa shape index (κ3) is 4.27. The van der Waals surface area contributed by atoms with Crippen molar-refractivity contribution in [3.63, 3.8) is 0 Å². The number of carbonyl (C=O) groups is 1. The number of sulfone groups is 1. The summed E-state index contributed by atoms with van der Waals surface area (Å²) in [5.74, 6) is -1.01. The molecular weight excluding hydrogens is 426 g/mol. The van der Waals surface area contributed by atoms with Crippen LogP contribution >= 0.6 is 0 Å². The highest BCUT2D eigenvalue weighted by Crippen LogP contribution is 2.29. The van der Waals surface area contributed by atoms with E-state index in [9.17, 15) is 21.6 Å². The van der Waals surface area contributed by atoms with Crippen LogP contribution in [0.1, 0.15) is 34.1 Å². The number of aryl methyl sites for hydroxylation is 2. The largest absolute Gasteiger partial charge is 0.461 e. The van der Waals surface area contributed by atoms with E-state index < -0.39 is 25.8 Å². The van der Waals surface area contributed by atoms with Crippen molar-refractivity contribution in [2.24, 2.45) is 0 Å². The predicted octanol–water partition coefficient (Wildman–Crippen LogP) is 3.22. The smallest absolute Gasteiger partial charge is 0.356 e. The van der Waals surface area contributed by atoms with Gasteiger partial charge in [-0.3, -0.25) is 0 Å². The molecule has 30 heavy (non-hydrogen) atoms. The van der Waals surface area contributed by atoms with E-state index in [2.05, 4.69) is 0 Å². The summed E-state index contributed by atoms with van der Waals surface area (Å²) < 4.78 is 56.6. The molecule has 0 atom stereocenters. The average Bonchev–Trinajstić information content (AvgIpc) is 3.00. The van der Waals surface area contributed by atoms with Crippen LogP contribution in [0.2, 0.25) is 0 Å². The Morgan fingerprint density at radius 1 is 1.00 bits per heavy atom. The number of esters is 1. The summed E-state index contributed by atoms with van der Waals surface area (Å²) in [5.41, 5.74) is 2.14. The molecule has 1 aromatic heterocycles. The second-order valence-electron chi connectivity index (χ2n) is 7.24. The number of ether oxygens (including phenoxy) is 1. The van der Waals surface area contributed by atoms with E-state index in [1.54, 1.807) is 32.0 Å². The molecule has 0 aliphatic heterocycles. The van der Waals surface area contributed by atoms with Gasteiger partial charge in [-0.2, -0.15) is 0 Å². The van der Waals surface area contributed by atoms with Crippen molar-refractivity contribution in [2.45, 2.75) is 31.4 Å². The first-order valence-electron chi connectivity index (χ1n) is 9.26. The van der Waals surface area contributed by atoms with E-state index in [4.69, 9.17) is 4.74 Å². The molecule has 0 N–H and O–H groups in total. The molecule has 3 rings (SSSR count). The number of benzene rings is 2. The molecule has 0 unspecified atom stereocenters. The summed E-state index contributed by atoms with van der Waals surface area (Å²) in [5, 5.41) is 0.503. The Bertz CT molecular complexity index is 1330. The van der Waals surface area contributed by atoms with Crippen LogP contribution in [-0.2, 0) is 30.4 Å². The first kappa shape index (κ1) is 22.0. The Labute approximate surface area is 176 Å². The molecule has 160 valence electrons. The van der Waals surface area contributed by atoms with Gasteiger partial charge in [-0.15, -0.1) is 0 Å². The van der Waals surface area contributed by atoms with Gasteiger partial charge in [0.15, 0.2) is 9.84 Å². The van der Waals surface area contributed by atoms with Crippen LogP contribution < -0.4 is 0 Å². The zero-order valence-electron chi connectivity index (χ0n) is 17.2. The zero-order valence-corrected chi connectivity index (χ0v) is 18.8. The van der Waals surface area contributed by atoms with Crippen LogP contribution in [0.25, 0.3) is 10.9 Å². The predicted molar refractivity (Wildman–Crippen MR) is 115 cm³/mol. The third-order valence-corrected chi connectivity index (χ3v) is 7.25. The summed E-state index contributed by atoms with van der Waals surface area (Å²) in [7, 11) is -7.48. The van der Waals surface area contributed by atoms with Crippen LogP contribution in [0.3, 0.4) is 0 Å². The molecular formula is C21H23NO6S2. The molecule has 0 saturated heterocycles. The Kier molecular flexibility index (Phi) is 5.79. The van der Waals surface area contributed by atoms with Gasteiger partial charge in [0, 0.05) is 11.6 Å². The summed E-state index contributed by atoms with van der Waals surface area (Å²) in [6, 6.07) is 10.9. The Balaban J connectivity index is 2.35. The standard InChI is InChI=1S/C21H23NO6S2/c1-5-28-21(23)20-11-16-10-15(3)17(13-29(4,24)25)12-19(16)22(20)30(26,27)18-8-6-14(2)7-9-18/h6-12H,5,13H2,1-4H3. The Morgan fingerprint density at radius 3 is 2.20 bits per heavy atom. The lowest BCUT2D eigenvalue weighted by atomic mass is 10.1. The fraction of sp³-hybridized carbons (Fsp3) is 0.286. The van der Waals surface area contributed by atoms with Gasteiger partial charge in [-0.1, -0.05) is 17.7 Å². The molecule has 0 bridgehead atoms. The van der Waals surface area contributed by atoms with Gasteiger partial charge in [0.25, 0.3) is 10.0 Å². The number of nitrogens with zero attached hydrogens (tertiary/aromatic N) is 1. The first-order chi connectivity index (χ1) is 13.9. The van der Waals surface area contributed by atoms with E-state index in [0.29, 0.717) is 16.5 Å². The highest BCUT2D eigenvalue weighted by molar-refractivity contribution is 7.90. The lowest BCUT2D eigenvalue weighted by Crippen LogP contribution is -2.20. The molecule has 0 aliphatic carbocycles. The minimum absolute atomic E-state index is 0.0152. The van der Waals surface area contributed by atoms with Crippen molar-refractivity contribution in [1.29, 1.82) is 0 Å². The van der Waals surface area contributed by atoms with Crippen LogP contribution in [-0.4, -0.2) is 39.6 Å². The number of rotatable bonds is 6. The fourth-order valence-electron chi connectivity index (χ4n) is 3.25. The minimum Gasteiger partial charge on any atom is -0.461 e. The van der Waals surface area contributed by atoms with Gasteiger partial charge in [-0.05, 0) is 62.2 Å². The van der Waals surface area contributed by atoms with Gasteiger partial charge in [0.05, 0.1) is 22.8 Å². The highest BCUT2D eigenvalue weighted by atomic mass is 32.2. The number of carbonyl (C=O) groups excluding carboxylic acids is 1. The summed E-state index contributed by atoms with van der Waals surface area (Å²) >= 11 is 0. The molecule has 1 heterocycles. The van der Waals surface area contributed by atoms with E-state index >= 15 is 0 Å². The monoisotopic (exact) mass is 449 g/mol. The van der Waals surface area contributed by atoms with Gasteiger partial charge in [-0.25, -0.2) is 25.6 Å². The molecule has 0 fully saturated rings. The summed E-state index contributed by atoms with van der Waals surface area (Å²) in [6.45, 7) is 5.30. The van der Waals surface area contributed by atoms with E-state index in [-0.39, 0.29) is 28.5 Å². The third-order valence-electron chi connectivity index (χ3n) is 4.68. The molecule has 0 aliphatic rings. The fourth-order valence-corrected chi connectivity index (χ4v) is 5.62. The maximum atomic E-state index is 13.5. The number of aromatic nitrogens is 1. The van der Waals surface area contributed by atoms with Crippen molar-refractivity contribution in [3.05, 3.63) is 64.8 Å². The highest BCUT2D eigenvalue weighted by Gasteiger charge is 2.28. The van der Waals surface area contributed by atoms with Gasteiger partial charge < -0.3 is 4.74 Å². The second kappa shape index (κ2) is 7.88. The van der Waals surface area contributed by atoms with Gasteiger partial charge >= 0.3 is 5.97 Å². The Hall–Kier alpha value is -2.65. The van der Waals surface area contributed by atoms with Gasteiger partial charge in [0.1, 0.15) is 5.69 Å². The maximum Gasteiger partial charge on any atom is 0.356 e. The molecule has 0 amide bonds. The minimum atomic E-state index is -4.14. The van der Waals surface area contributed by atoms with Crippen molar-refractivity contribution in [3.8, 4) is 0 Å². The lowest BCUT2D eigenvalue weighted by molar-refractivity contribution is 0.0518. The van der Waals surface area contributed by atoms with Gasteiger partial charge in [0.2, 0.25) is 0 Å². The maximum absolute atomic E-state index is 13.5. The van der Waals surface area contributed by atoms with Crippen molar-refractivity contribution in [1.82, 2.24) is 3.97 Å². The zero-order chi connectivity index (χ0) is 22.3. The van der Waals surface area contributed by atoms with E-state index in [0.717, 1.165) is 15.8 Å². The van der Waals surface area contributed by atoms with Crippen LogP contribution in [0.15, 0.2) is 47.4 Å². The number of hydrogen-bond donors (Lipinski definition) is 0. The van der Waals surface area contributed by atoms with Crippen LogP contribution in [0, 0.1) is 13.8 Å². The quantitative estimate of drug-likeness (QED) is 0.536. The van der Waals surface area contributed by atoms with Crippen molar-refractivity contribution in [2.75, 3.05) is 12.9 Å². The molecule has 0 saturated carbocycles.